The molecule has 2 amide bonds. The number of hydrogen-bond donors (Lipinski definition) is 1. The van der Waals surface area contributed by atoms with Gasteiger partial charge < -0.3 is 9.88 Å². The number of imidazole rings is 1. The van der Waals surface area contributed by atoms with Crippen LogP contribution in [0.3, 0.4) is 0 Å². The van der Waals surface area contributed by atoms with E-state index in [-0.39, 0.29) is 0 Å². The molecule has 0 unspecified atom stereocenters. The summed E-state index contributed by atoms with van der Waals surface area (Å²) in [4.78, 5) is 18.1. The molecule has 0 bridgehead atoms. The minimum Gasteiger partial charge on any atom is -0.334 e. The van der Waals surface area contributed by atoms with Gasteiger partial charge in [0.1, 0.15) is 0 Å². The minimum atomic E-state index is -4.45. The van der Waals surface area contributed by atoms with E-state index in [1.807, 2.05) is 17.7 Å². The molecule has 0 spiro atoms. The van der Waals surface area contributed by atoms with E-state index in [4.69, 9.17) is 0 Å². The van der Waals surface area contributed by atoms with Gasteiger partial charge in [0.05, 0.1) is 23.8 Å². The average Bonchev–Trinajstić information content (AvgIpc) is 3.26. The Labute approximate surface area is 159 Å². The summed E-state index contributed by atoms with van der Waals surface area (Å²) in [5, 5.41) is 2.78. The van der Waals surface area contributed by atoms with Crippen LogP contribution < -0.4 is 10.2 Å². The average molecular weight is 386 g/mol. The van der Waals surface area contributed by atoms with Gasteiger partial charge in [0.25, 0.3) is 0 Å². The van der Waals surface area contributed by atoms with Crippen molar-refractivity contribution in [2.45, 2.75) is 12.6 Å². The molecule has 0 radical (unpaired) electrons. The fourth-order valence-corrected chi connectivity index (χ4v) is 3.35. The van der Waals surface area contributed by atoms with Crippen molar-refractivity contribution >= 4 is 17.4 Å². The Hall–Kier alpha value is -3.29. The predicted molar refractivity (Wildman–Crippen MR) is 100 cm³/mol. The third kappa shape index (κ3) is 3.33. The summed E-state index contributed by atoms with van der Waals surface area (Å²) in [5.41, 5.74) is 2.59. The van der Waals surface area contributed by atoms with Crippen molar-refractivity contribution in [2.75, 3.05) is 16.8 Å². The Kier molecular flexibility index (Phi) is 4.33. The number of halogens is 3. The number of hydrogen-bond acceptors (Lipinski definition) is 2. The van der Waals surface area contributed by atoms with Crippen LogP contribution in [0.1, 0.15) is 11.1 Å². The maximum Gasteiger partial charge on any atom is 0.416 e. The second-order valence-electron chi connectivity index (χ2n) is 6.64. The number of anilines is 2. The SMILES string of the molecule is Cn1cncc1-c1cccc(NC(=O)N2CCc3ccc(C(F)(F)F)cc32)c1. The molecule has 1 aliphatic rings. The van der Waals surface area contributed by atoms with Crippen molar-refractivity contribution in [3.8, 4) is 11.3 Å². The molecule has 2 aromatic carbocycles. The van der Waals surface area contributed by atoms with Gasteiger partial charge in [-0.25, -0.2) is 9.78 Å². The van der Waals surface area contributed by atoms with E-state index in [9.17, 15) is 18.0 Å². The zero-order valence-electron chi connectivity index (χ0n) is 15.0. The Balaban J connectivity index is 1.57. The number of benzene rings is 2. The summed E-state index contributed by atoms with van der Waals surface area (Å²) in [6.45, 7) is 0.337. The van der Waals surface area contributed by atoms with E-state index in [0.29, 0.717) is 24.3 Å². The lowest BCUT2D eigenvalue weighted by atomic mass is 10.1. The molecule has 28 heavy (non-hydrogen) atoms. The molecule has 0 saturated carbocycles. The van der Waals surface area contributed by atoms with Crippen molar-refractivity contribution in [3.05, 3.63) is 66.1 Å². The number of amides is 2. The predicted octanol–water partition coefficient (Wildman–Crippen LogP) is 4.70. The number of aryl methyl sites for hydroxylation is 1. The Morgan fingerprint density at radius 3 is 2.71 bits per heavy atom. The van der Waals surface area contributed by atoms with Gasteiger partial charge in [0.2, 0.25) is 0 Å². The summed E-state index contributed by atoms with van der Waals surface area (Å²) in [6.07, 6.45) is -0.524. The molecule has 2 heterocycles. The van der Waals surface area contributed by atoms with Crippen molar-refractivity contribution in [1.82, 2.24) is 9.55 Å². The van der Waals surface area contributed by atoms with Gasteiger partial charge in [0.15, 0.2) is 0 Å². The van der Waals surface area contributed by atoms with Crippen LogP contribution >= 0.6 is 0 Å². The van der Waals surface area contributed by atoms with Gasteiger partial charge in [-0.15, -0.1) is 0 Å². The summed E-state index contributed by atoms with van der Waals surface area (Å²) in [5.74, 6) is 0. The summed E-state index contributed by atoms with van der Waals surface area (Å²) in [7, 11) is 1.87. The van der Waals surface area contributed by atoms with E-state index in [2.05, 4.69) is 10.3 Å². The molecule has 4 rings (SSSR count). The van der Waals surface area contributed by atoms with Crippen molar-refractivity contribution < 1.29 is 18.0 Å². The number of fused-ring (bicyclic) bond motifs is 1. The molecular formula is C20H17F3N4O. The largest absolute Gasteiger partial charge is 0.416 e. The van der Waals surface area contributed by atoms with Crippen LogP contribution in [-0.4, -0.2) is 22.1 Å². The van der Waals surface area contributed by atoms with Crippen molar-refractivity contribution in [1.29, 1.82) is 0 Å². The van der Waals surface area contributed by atoms with Gasteiger partial charge in [-0.2, -0.15) is 13.2 Å². The monoisotopic (exact) mass is 386 g/mol. The van der Waals surface area contributed by atoms with Gasteiger partial charge in [-0.3, -0.25) is 4.90 Å². The number of nitrogens with one attached hydrogen (secondary N) is 1. The van der Waals surface area contributed by atoms with Crippen LogP contribution in [0.2, 0.25) is 0 Å². The first-order chi connectivity index (χ1) is 13.3. The molecule has 5 nitrogen and oxygen atoms in total. The van der Waals surface area contributed by atoms with Crippen LogP contribution in [-0.2, 0) is 19.6 Å². The zero-order valence-corrected chi connectivity index (χ0v) is 15.0. The van der Waals surface area contributed by atoms with E-state index < -0.39 is 17.8 Å². The highest BCUT2D eigenvalue weighted by atomic mass is 19.4. The second kappa shape index (κ2) is 6.70. The number of urea groups is 1. The molecule has 144 valence electrons. The van der Waals surface area contributed by atoms with E-state index in [1.165, 1.54) is 11.0 Å². The Bertz CT molecular complexity index is 1040. The van der Waals surface area contributed by atoms with E-state index in [0.717, 1.165) is 29.0 Å². The van der Waals surface area contributed by atoms with Crippen molar-refractivity contribution in [3.63, 3.8) is 0 Å². The number of carbonyl (C=O) groups is 1. The fourth-order valence-electron chi connectivity index (χ4n) is 3.35. The highest BCUT2D eigenvalue weighted by Crippen LogP contribution is 2.36. The molecule has 1 N–H and O–H groups in total. The maximum absolute atomic E-state index is 13.0. The van der Waals surface area contributed by atoms with E-state index >= 15 is 0 Å². The molecule has 0 atom stereocenters. The smallest absolute Gasteiger partial charge is 0.334 e. The zero-order chi connectivity index (χ0) is 19.9. The van der Waals surface area contributed by atoms with Gasteiger partial charge in [0, 0.05) is 30.5 Å². The van der Waals surface area contributed by atoms with Gasteiger partial charge >= 0.3 is 12.2 Å². The molecule has 1 aliphatic heterocycles. The van der Waals surface area contributed by atoms with Crippen LogP contribution in [0.25, 0.3) is 11.3 Å². The van der Waals surface area contributed by atoms with Gasteiger partial charge in [-0.1, -0.05) is 18.2 Å². The topological polar surface area (TPSA) is 50.2 Å². The lowest BCUT2D eigenvalue weighted by molar-refractivity contribution is -0.137. The quantitative estimate of drug-likeness (QED) is 0.694. The number of rotatable bonds is 2. The second-order valence-corrected chi connectivity index (χ2v) is 6.64. The van der Waals surface area contributed by atoms with E-state index in [1.54, 1.807) is 30.7 Å². The lowest BCUT2D eigenvalue weighted by Gasteiger charge is -2.19. The maximum atomic E-state index is 13.0. The minimum absolute atomic E-state index is 0.301. The Morgan fingerprint density at radius 1 is 1.18 bits per heavy atom. The third-order valence-electron chi connectivity index (χ3n) is 4.78. The fraction of sp³-hybridized carbons (Fsp3) is 0.200. The summed E-state index contributed by atoms with van der Waals surface area (Å²) >= 11 is 0. The first-order valence-corrected chi connectivity index (χ1v) is 8.68. The van der Waals surface area contributed by atoms with Crippen molar-refractivity contribution in [2.24, 2.45) is 7.05 Å². The lowest BCUT2D eigenvalue weighted by Crippen LogP contribution is -2.33. The van der Waals surface area contributed by atoms with Gasteiger partial charge in [-0.05, 0) is 36.2 Å². The highest BCUT2D eigenvalue weighted by Gasteiger charge is 2.33. The number of aromatic nitrogens is 2. The summed E-state index contributed by atoms with van der Waals surface area (Å²) < 4.78 is 40.9. The van der Waals surface area contributed by atoms with Crippen LogP contribution in [0.5, 0.6) is 0 Å². The third-order valence-corrected chi connectivity index (χ3v) is 4.78. The molecule has 8 heteroatoms. The highest BCUT2D eigenvalue weighted by molar-refractivity contribution is 6.03. The first-order valence-electron chi connectivity index (χ1n) is 8.68. The molecule has 0 saturated heterocycles. The molecule has 1 aromatic heterocycles. The standard InChI is InChI=1S/C20H17F3N4O/c1-26-12-24-11-18(26)14-3-2-4-16(9-14)25-19(28)27-8-7-13-5-6-15(10-17(13)27)20(21,22)23/h2-6,9-12H,7-8H2,1H3,(H,25,28). The number of alkyl halides is 3. The van der Waals surface area contributed by atoms with Crippen LogP contribution in [0.15, 0.2) is 55.0 Å². The van der Waals surface area contributed by atoms with Crippen LogP contribution in [0, 0.1) is 0 Å². The Morgan fingerprint density at radius 2 is 2.00 bits per heavy atom. The first kappa shape index (κ1) is 18.1. The normalized spacial score (nSPS) is 13.5. The number of carbonyl (C=O) groups excluding carboxylic acids is 1. The summed E-state index contributed by atoms with van der Waals surface area (Å²) in [6, 6.07) is 10.3. The molecular weight excluding hydrogens is 369 g/mol. The van der Waals surface area contributed by atoms with Crippen LogP contribution in [0.4, 0.5) is 29.3 Å². The molecule has 0 aliphatic carbocycles. The number of nitrogens with zero attached hydrogens (tertiary/aromatic N) is 3. The molecule has 0 fully saturated rings. The molecule has 3 aromatic rings.